The molecule has 7 nitrogen and oxygen atoms in total. The Morgan fingerprint density at radius 3 is 3.09 bits per heavy atom. The average Bonchev–Trinajstić information content (AvgIpc) is 3.04. The Hall–Kier alpha value is -2.32. The number of amides is 1. The standard InChI is InChI=1S/C15H15N3O4S/c19-13(18-4-5-22-12(8-18)15(20)21)6-11-9-23-14(17-11)10-2-1-3-16-7-10/h1-3,7,9,12H,4-6,8H2,(H,20,21)/t12-/m0/s1. The minimum Gasteiger partial charge on any atom is -0.479 e. The maximum absolute atomic E-state index is 12.3. The number of hydrogen-bond donors (Lipinski definition) is 1. The molecule has 8 heteroatoms. The van der Waals surface area contributed by atoms with Gasteiger partial charge in [-0.3, -0.25) is 9.78 Å². The smallest absolute Gasteiger partial charge is 0.334 e. The third kappa shape index (κ3) is 3.72. The molecule has 120 valence electrons. The van der Waals surface area contributed by atoms with Crippen LogP contribution >= 0.6 is 11.3 Å². The largest absolute Gasteiger partial charge is 0.479 e. The van der Waals surface area contributed by atoms with Gasteiger partial charge in [0.15, 0.2) is 6.10 Å². The van der Waals surface area contributed by atoms with E-state index in [9.17, 15) is 9.59 Å². The van der Waals surface area contributed by atoms with Gasteiger partial charge in [-0.25, -0.2) is 9.78 Å². The zero-order chi connectivity index (χ0) is 16.2. The van der Waals surface area contributed by atoms with Gasteiger partial charge in [0.25, 0.3) is 0 Å². The molecule has 0 saturated carbocycles. The summed E-state index contributed by atoms with van der Waals surface area (Å²) in [6, 6.07) is 3.75. The molecule has 0 radical (unpaired) electrons. The Morgan fingerprint density at radius 1 is 1.48 bits per heavy atom. The molecule has 1 saturated heterocycles. The number of pyridine rings is 1. The molecule has 23 heavy (non-hydrogen) atoms. The molecule has 3 rings (SSSR count). The van der Waals surface area contributed by atoms with Gasteiger partial charge in [-0.15, -0.1) is 11.3 Å². The number of aliphatic carboxylic acids is 1. The van der Waals surface area contributed by atoms with Gasteiger partial charge in [0.05, 0.1) is 25.3 Å². The fraction of sp³-hybridized carbons (Fsp3) is 0.333. The highest BCUT2D eigenvalue weighted by Crippen LogP contribution is 2.23. The second-order valence-corrected chi connectivity index (χ2v) is 5.96. The zero-order valence-electron chi connectivity index (χ0n) is 12.2. The fourth-order valence-corrected chi connectivity index (χ4v) is 3.11. The van der Waals surface area contributed by atoms with E-state index in [0.717, 1.165) is 10.6 Å². The summed E-state index contributed by atoms with van der Waals surface area (Å²) in [5.74, 6) is -1.18. The van der Waals surface area contributed by atoms with Crippen LogP contribution in [-0.4, -0.2) is 57.7 Å². The van der Waals surface area contributed by atoms with E-state index in [4.69, 9.17) is 9.84 Å². The van der Waals surface area contributed by atoms with Gasteiger partial charge >= 0.3 is 5.97 Å². The van der Waals surface area contributed by atoms with Crippen molar-refractivity contribution in [1.82, 2.24) is 14.9 Å². The van der Waals surface area contributed by atoms with Gasteiger partial charge in [-0.1, -0.05) is 0 Å². The molecule has 1 N–H and O–H groups in total. The highest BCUT2D eigenvalue weighted by Gasteiger charge is 2.29. The lowest BCUT2D eigenvalue weighted by Crippen LogP contribution is -2.49. The fourth-order valence-electron chi connectivity index (χ4n) is 2.30. The summed E-state index contributed by atoms with van der Waals surface area (Å²) in [7, 11) is 0. The van der Waals surface area contributed by atoms with E-state index in [-0.39, 0.29) is 25.5 Å². The number of carbonyl (C=O) groups is 2. The van der Waals surface area contributed by atoms with Crippen LogP contribution in [0.15, 0.2) is 29.9 Å². The first kappa shape index (κ1) is 15.6. The van der Waals surface area contributed by atoms with Crippen molar-refractivity contribution in [3.63, 3.8) is 0 Å². The zero-order valence-corrected chi connectivity index (χ0v) is 13.0. The number of carboxylic acids is 1. The van der Waals surface area contributed by atoms with Gasteiger partial charge in [0.2, 0.25) is 5.91 Å². The molecule has 0 aromatic carbocycles. The molecule has 1 aliphatic heterocycles. The number of thiazole rings is 1. The van der Waals surface area contributed by atoms with Crippen LogP contribution in [0.5, 0.6) is 0 Å². The van der Waals surface area contributed by atoms with Crippen molar-refractivity contribution in [3.05, 3.63) is 35.6 Å². The third-order valence-electron chi connectivity index (χ3n) is 3.49. The summed E-state index contributed by atoms with van der Waals surface area (Å²) in [5, 5.41) is 11.6. The van der Waals surface area contributed by atoms with Crippen LogP contribution in [0.1, 0.15) is 5.69 Å². The minimum absolute atomic E-state index is 0.0771. The van der Waals surface area contributed by atoms with Crippen LogP contribution in [-0.2, 0) is 20.7 Å². The van der Waals surface area contributed by atoms with Crippen molar-refractivity contribution in [3.8, 4) is 10.6 Å². The molecule has 1 amide bonds. The molecule has 0 aliphatic carbocycles. The van der Waals surface area contributed by atoms with E-state index in [2.05, 4.69) is 9.97 Å². The quantitative estimate of drug-likeness (QED) is 0.899. The molecular formula is C15H15N3O4S. The van der Waals surface area contributed by atoms with Gasteiger partial charge < -0.3 is 14.7 Å². The van der Waals surface area contributed by atoms with Crippen molar-refractivity contribution in [2.75, 3.05) is 19.7 Å². The number of nitrogens with zero attached hydrogens (tertiary/aromatic N) is 3. The second-order valence-electron chi connectivity index (χ2n) is 5.10. The molecule has 2 aromatic heterocycles. The monoisotopic (exact) mass is 333 g/mol. The topological polar surface area (TPSA) is 92.6 Å². The first-order chi connectivity index (χ1) is 11.1. The summed E-state index contributed by atoms with van der Waals surface area (Å²) in [5.41, 5.74) is 1.59. The normalized spacial score (nSPS) is 17.9. The Bertz CT molecular complexity index is 704. The number of morpholine rings is 1. The van der Waals surface area contributed by atoms with Gasteiger partial charge in [-0.05, 0) is 12.1 Å². The van der Waals surface area contributed by atoms with Gasteiger partial charge in [-0.2, -0.15) is 0 Å². The highest BCUT2D eigenvalue weighted by atomic mass is 32.1. The molecule has 1 aliphatic rings. The van der Waals surface area contributed by atoms with Crippen molar-refractivity contribution >= 4 is 23.2 Å². The average molecular weight is 333 g/mol. The Balaban J connectivity index is 1.64. The van der Waals surface area contributed by atoms with Crippen LogP contribution in [0.3, 0.4) is 0 Å². The number of aromatic nitrogens is 2. The maximum atomic E-state index is 12.3. The first-order valence-electron chi connectivity index (χ1n) is 7.10. The lowest BCUT2D eigenvalue weighted by atomic mass is 10.2. The predicted octanol–water partition coefficient (Wildman–Crippen LogP) is 1.06. The van der Waals surface area contributed by atoms with E-state index in [1.807, 2.05) is 17.5 Å². The lowest BCUT2D eigenvalue weighted by Gasteiger charge is -2.30. The van der Waals surface area contributed by atoms with Crippen molar-refractivity contribution in [1.29, 1.82) is 0 Å². The number of hydrogen-bond acceptors (Lipinski definition) is 6. The van der Waals surface area contributed by atoms with Crippen LogP contribution in [0.25, 0.3) is 10.6 Å². The number of carboxylic acid groups (broad SMARTS) is 1. The SMILES string of the molecule is O=C(O)[C@@H]1CN(C(=O)Cc2csc(-c3cccnc3)n2)CCO1. The number of ether oxygens (including phenoxy) is 1. The van der Waals surface area contributed by atoms with Crippen LogP contribution in [0.4, 0.5) is 0 Å². The number of rotatable bonds is 4. The molecule has 3 heterocycles. The van der Waals surface area contributed by atoms with E-state index < -0.39 is 12.1 Å². The second kappa shape index (κ2) is 6.84. The first-order valence-corrected chi connectivity index (χ1v) is 7.98. The molecule has 0 bridgehead atoms. The Morgan fingerprint density at radius 2 is 2.35 bits per heavy atom. The van der Waals surface area contributed by atoms with E-state index in [1.165, 1.54) is 16.2 Å². The maximum Gasteiger partial charge on any atom is 0.334 e. The molecule has 2 aromatic rings. The third-order valence-corrected chi connectivity index (χ3v) is 4.43. The highest BCUT2D eigenvalue weighted by molar-refractivity contribution is 7.13. The van der Waals surface area contributed by atoms with Gasteiger partial charge in [0, 0.05) is 29.9 Å². The van der Waals surface area contributed by atoms with E-state index in [1.54, 1.807) is 12.4 Å². The van der Waals surface area contributed by atoms with Crippen LogP contribution in [0, 0.1) is 0 Å². The van der Waals surface area contributed by atoms with Crippen molar-refractivity contribution in [2.45, 2.75) is 12.5 Å². The molecular weight excluding hydrogens is 318 g/mol. The van der Waals surface area contributed by atoms with E-state index >= 15 is 0 Å². The Kier molecular flexibility index (Phi) is 4.63. The summed E-state index contributed by atoms with van der Waals surface area (Å²) in [6.45, 7) is 0.719. The summed E-state index contributed by atoms with van der Waals surface area (Å²) in [6.07, 6.45) is 2.63. The molecule has 1 atom stereocenters. The Labute approximate surface area is 136 Å². The summed E-state index contributed by atoms with van der Waals surface area (Å²) < 4.78 is 5.12. The number of carbonyl (C=O) groups excluding carboxylic acids is 1. The van der Waals surface area contributed by atoms with Crippen LogP contribution < -0.4 is 0 Å². The van der Waals surface area contributed by atoms with Crippen molar-refractivity contribution in [2.24, 2.45) is 0 Å². The summed E-state index contributed by atoms with van der Waals surface area (Å²) >= 11 is 1.46. The molecule has 0 unspecified atom stereocenters. The van der Waals surface area contributed by atoms with Crippen molar-refractivity contribution < 1.29 is 19.4 Å². The molecule has 1 fully saturated rings. The minimum atomic E-state index is -1.05. The lowest BCUT2D eigenvalue weighted by molar-refractivity contribution is -0.159. The van der Waals surface area contributed by atoms with E-state index in [0.29, 0.717) is 12.2 Å². The molecule has 0 spiro atoms. The predicted molar refractivity (Wildman–Crippen MR) is 83.0 cm³/mol. The summed E-state index contributed by atoms with van der Waals surface area (Å²) in [4.78, 5) is 33.3. The van der Waals surface area contributed by atoms with Crippen LogP contribution in [0.2, 0.25) is 0 Å². The van der Waals surface area contributed by atoms with Gasteiger partial charge in [0.1, 0.15) is 5.01 Å².